The predicted octanol–water partition coefficient (Wildman–Crippen LogP) is 3.80. The van der Waals surface area contributed by atoms with E-state index < -0.39 is 0 Å². The Balaban J connectivity index is 1.52. The minimum atomic E-state index is -0.155. The Morgan fingerprint density at radius 1 is 0.833 bits per heavy atom. The fourth-order valence-electron chi connectivity index (χ4n) is 2.35. The van der Waals surface area contributed by atoms with Crippen LogP contribution in [0.25, 0.3) is 0 Å². The Labute approximate surface area is 141 Å². The van der Waals surface area contributed by atoms with Crippen LogP contribution in [0.15, 0.2) is 79.0 Å². The molecule has 0 saturated carbocycles. The minimum absolute atomic E-state index is 0.155. The van der Waals surface area contributed by atoms with Crippen LogP contribution in [0.1, 0.15) is 16.1 Å². The molecule has 0 unspecified atom stereocenters. The zero-order valence-corrected chi connectivity index (χ0v) is 13.3. The summed E-state index contributed by atoms with van der Waals surface area (Å²) >= 11 is 0. The van der Waals surface area contributed by atoms with Gasteiger partial charge in [-0.3, -0.25) is 4.79 Å². The molecule has 1 aromatic heterocycles. The van der Waals surface area contributed by atoms with Crippen LogP contribution >= 0.6 is 0 Å². The monoisotopic (exact) mass is 317 g/mol. The Hall–Kier alpha value is -3.14. The third kappa shape index (κ3) is 4.43. The van der Waals surface area contributed by atoms with E-state index in [1.165, 1.54) is 5.56 Å². The van der Waals surface area contributed by atoms with Crippen LogP contribution in [-0.4, -0.2) is 17.4 Å². The summed E-state index contributed by atoms with van der Waals surface area (Å²) in [5.74, 6) is -0.155. The molecule has 0 atom stereocenters. The average molecular weight is 317 g/mol. The molecule has 0 spiro atoms. The van der Waals surface area contributed by atoms with E-state index in [0.717, 1.165) is 17.8 Å². The van der Waals surface area contributed by atoms with Crippen molar-refractivity contribution < 1.29 is 4.79 Å². The summed E-state index contributed by atoms with van der Waals surface area (Å²) in [6.45, 7) is 0.592. The Kier molecular flexibility index (Phi) is 5.20. The first-order valence-electron chi connectivity index (χ1n) is 7.91. The van der Waals surface area contributed by atoms with E-state index in [0.29, 0.717) is 12.2 Å². The summed E-state index contributed by atoms with van der Waals surface area (Å²) in [6, 6.07) is 23.5. The highest BCUT2D eigenvalue weighted by molar-refractivity contribution is 5.92. The van der Waals surface area contributed by atoms with E-state index in [4.69, 9.17) is 0 Å². The SMILES string of the molecule is O=C(NCCc1ccccc1)c1ccc(Nc2ccccc2)cn1. The first-order chi connectivity index (χ1) is 11.8. The van der Waals surface area contributed by atoms with Crippen molar-refractivity contribution in [2.24, 2.45) is 0 Å². The predicted molar refractivity (Wildman–Crippen MR) is 96.4 cm³/mol. The van der Waals surface area contributed by atoms with E-state index >= 15 is 0 Å². The van der Waals surface area contributed by atoms with Gasteiger partial charge in [-0.15, -0.1) is 0 Å². The Bertz CT molecular complexity index is 771. The van der Waals surface area contributed by atoms with Crippen LogP contribution in [0.5, 0.6) is 0 Å². The molecular weight excluding hydrogens is 298 g/mol. The van der Waals surface area contributed by atoms with E-state index in [9.17, 15) is 4.79 Å². The second-order valence-corrected chi connectivity index (χ2v) is 5.41. The number of pyridine rings is 1. The molecule has 0 fully saturated rings. The largest absolute Gasteiger partial charge is 0.354 e. The van der Waals surface area contributed by atoms with Crippen LogP contribution in [0.3, 0.4) is 0 Å². The van der Waals surface area contributed by atoms with Gasteiger partial charge in [0, 0.05) is 12.2 Å². The lowest BCUT2D eigenvalue weighted by molar-refractivity contribution is 0.0949. The number of hydrogen-bond donors (Lipinski definition) is 2. The molecule has 3 rings (SSSR count). The summed E-state index contributed by atoms with van der Waals surface area (Å²) in [5.41, 5.74) is 3.45. The highest BCUT2D eigenvalue weighted by Gasteiger charge is 2.06. The van der Waals surface area contributed by atoms with Crippen molar-refractivity contribution in [1.82, 2.24) is 10.3 Å². The summed E-state index contributed by atoms with van der Waals surface area (Å²) < 4.78 is 0. The number of carbonyl (C=O) groups excluding carboxylic acids is 1. The molecule has 4 heteroatoms. The fraction of sp³-hybridized carbons (Fsp3) is 0.100. The van der Waals surface area contributed by atoms with E-state index in [2.05, 4.69) is 27.8 Å². The Morgan fingerprint density at radius 2 is 1.54 bits per heavy atom. The van der Waals surface area contributed by atoms with E-state index in [-0.39, 0.29) is 5.91 Å². The molecular formula is C20H19N3O. The second kappa shape index (κ2) is 7.92. The van der Waals surface area contributed by atoms with Gasteiger partial charge < -0.3 is 10.6 Å². The maximum atomic E-state index is 12.1. The third-order valence-electron chi connectivity index (χ3n) is 3.60. The highest BCUT2D eigenvalue weighted by atomic mass is 16.1. The van der Waals surface area contributed by atoms with Crippen molar-refractivity contribution in [3.63, 3.8) is 0 Å². The fourth-order valence-corrected chi connectivity index (χ4v) is 2.35. The van der Waals surface area contributed by atoms with Crippen molar-refractivity contribution in [2.75, 3.05) is 11.9 Å². The molecule has 3 aromatic rings. The molecule has 24 heavy (non-hydrogen) atoms. The van der Waals surface area contributed by atoms with Gasteiger partial charge in [0.1, 0.15) is 5.69 Å². The number of benzene rings is 2. The van der Waals surface area contributed by atoms with Gasteiger partial charge >= 0.3 is 0 Å². The summed E-state index contributed by atoms with van der Waals surface area (Å²) in [5, 5.41) is 6.14. The molecule has 2 aromatic carbocycles. The number of anilines is 2. The molecule has 120 valence electrons. The smallest absolute Gasteiger partial charge is 0.269 e. The van der Waals surface area contributed by atoms with Crippen LogP contribution in [0.4, 0.5) is 11.4 Å². The molecule has 2 N–H and O–H groups in total. The number of nitrogens with one attached hydrogen (secondary N) is 2. The number of nitrogens with zero attached hydrogens (tertiary/aromatic N) is 1. The molecule has 0 bridgehead atoms. The number of rotatable bonds is 6. The van der Waals surface area contributed by atoms with Gasteiger partial charge in [-0.1, -0.05) is 48.5 Å². The van der Waals surface area contributed by atoms with Gasteiger partial charge in [-0.05, 0) is 36.2 Å². The first-order valence-corrected chi connectivity index (χ1v) is 7.91. The molecule has 1 heterocycles. The standard InChI is InChI=1S/C20H19N3O/c24-20(21-14-13-16-7-3-1-4-8-16)19-12-11-18(15-22-19)23-17-9-5-2-6-10-17/h1-12,15,23H,13-14H2,(H,21,24). The van der Waals surface area contributed by atoms with Crippen LogP contribution < -0.4 is 10.6 Å². The molecule has 0 radical (unpaired) electrons. The Morgan fingerprint density at radius 3 is 2.21 bits per heavy atom. The lowest BCUT2D eigenvalue weighted by Gasteiger charge is -2.07. The topological polar surface area (TPSA) is 54.0 Å². The van der Waals surface area contributed by atoms with Gasteiger partial charge in [0.25, 0.3) is 5.91 Å². The van der Waals surface area contributed by atoms with Crippen molar-refractivity contribution in [3.8, 4) is 0 Å². The van der Waals surface area contributed by atoms with Crippen LogP contribution in [0.2, 0.25) is 0 Å². The van der Waals surface area contributed by atoms with Crippen LogP contribution in [-0.2, 0) is 6.42 Å². The molecule has 4 nitrogen and oxygen atoms in total. The van der Waals surface area contributed by atoms with Crippen molar-refractivity contribution in [3.05, 3.63) is 90.3 Å². The van der Waals surface area contributed by atoms with Crippen molar-refractivity contribution in [2.45, 2.75) is 6.42 Å². The normalized spacial score (nSPS) is 10.2. The van der Waals surface area contributed by atoms with Crippen molar-refractivity contribution >= 4 is 17.3 Å². The average Bonchev–Trinajstić information content (AvgIpc) is 2.64. The minimum Gasteiger partial charge on any atom is -0.354 e. The molecule has 0 saturated heterocycles. The van der Waals surface area contributed by atoms with Crippen LogP contribution in [0, 0.1) is 0 Å². The summed E-state index contributed by atoms with van der Waals surface area (Å²) in [7, 11) is 0. The number of hydrogen-bond acceptors (Lipinski definition) is 3. The molecule has 0 aliphatic heterocycles. The van der Waals surface area contributed by atoms with E-state index in [1.807, 2.05) is 54.6 Å². The number of para-hydroxylation sites is 1. The van der Waals surface area contributed by atoms with Gasteiger partial charge in [-0.25, -0.2) is 4.98 Å². The quantitative estimate of drug-likeness (QED) is 0.727. The zero-order valence-electron chi connectivity index (χ0n) is 13.3. The highest BCUT2D eigenvalue weighted by Crippen LogP contribution is 2.14. The van der Waals surface area contributed by atoms with Crippen molar-refractivity contribution in [1.29, 1.82) is 0 Å². The number of aromatic nitrogens is 1. The zero-order chi connectivity index (χ0) is 16.6. The van der Waals surface area contributed by atoms with Gasteiger partial charge in [0.15, 0.2) is 0 Å². The number of carbonyl (C=O) groups is 1. The maximum absolute atomic E-state index is 12.1. The lowest BCUT2D eigenvalue weighted by Crippen LogP contribution is -2.26. The van der Waals surface area contributed by atoms with Gasteiger partial charge in [0.05, 0.1) is 11.9 Å². The maximum Gasteiger partial charge on any atom is 0.269 e. The van der Waals surface area contributed by atoms with E-state index in [1.54, 1.807) is 12.3 Å². The molecule has 0 aliphatic carbocycles. The van der Waals surface area contributed by atoms with Gasteiger partial charge in [0.2, 0.25) is 0 Å². The summed E-state index contributed by atoms with van der Waals surface area (Å²) in [4.78, 5) is 16.3. The van der Waals surface area contributed by atoms with Gasteiger partial charge in [-0.2, -0.15) is 0 Å². The second-order valence-electron chi connectivity index (χ2n) is 5.41. The lowest BCUT2D eigenvalue weighted by atomic mass is 10.1. The molecule has 1 amide bonds. The number of amides is 1. The summed E-state index contributed by atoms with van der Waals surface area (Å²) in [6.07, 6.45) is 2.47. The first kappa shape index (κ1) is 15.7. The molecule has 0 aliphatic rings. The third-order valence-corrected chi connectivity index (χ3v) is 3.60.